The van der Waals surface area contributed by atoms with E-state index < -0.39 is 5.60 Å². The van der Waals surface area contributed by atoms with E-state index in [-0.39, 0.29) is 5.56 Å². The molecule has 4 heterocycles. The van der Waals surface area contributed by atoms with Crippen LogP contribution in [0.3, 0.4) is 0 Å². The van der Waals surface area contributed by atoms with E-state index in [4.69, 9.17) is 0 Å². The number of likely N-dealkylation sites (tertiary alicyclic amines) is 1. The standard InChI is InChI=1S/C17H20N6O2/c1-12-4-2-7-23-15(24)8-13(19-16(12)23)10-22-6-3-5-17(25,11-22)14-9-18-21-20-14/h2,4,7-9,25H,3,5-6,10-11H2,1H3,(H,18,20,21)/t17-/m0/s1. The molecule has 1 aliphatic heterocycles. The number of rotatable bonds is 3. The van der Waals surface area contributed by atoms with Crippen LogP contribution in [0.2, 0.25) is 0 Å². The number of H-pyrrole nitrogens is 1. The Morgan fingerprint density at radius 3 is 3.12 bits per heavy atom. The van der Waals surface area contributed by atoms with Gasteiger partial charge in [-0.1, -0.05) is 6.07 Å². The van der Waals surface area contributed by atoms with Crippen molar-refractivity contribution in [3.05, 3.63) is 57.9 Å². The normalized spacial score (nSPS) is 21.7. The third kappa shape index (κ3) is 2.94. The lowest BCUT2D eigenvalue weighted by molar-refractivity contribution is -0.0417. The fraction of sp³-hybridized carbons (Fsp3) is 0.412. The Morgan fingerprint density at radius 2 is 2.32 bits per heavy atom. The van der Waals surface area contributed by atoms with Gasteiger partial charge in [-0.3, -0.25) is 14.1 Å². The van der Waals surface area contributed by atoms with Crippen molar-refractivity contribution in [2.45, 2.75) is 31.9 Å². The summed E-state index contributed by atoms with van der Waals surface area (Å²) < 4.78 is 1.56. The molecule has 0 radical (unpaired) electrons. The molecule has 1 atom stereocenters. The molecule has 4 rings (SSSR count). The van der Waals surface area contributed by atoms with Crippen LogP contribution in [0, 0.1) is 6.92 Å². The number of aromatic nitrogens is 5. The van der Waals surface area contributed by atoms with Gasteiger partial charge in [0.2, 0.25) is 0 Å². The van der Waals surface area contributed by atoms with Crippen LogP contribution in [-0.2, 0) is 12.1 Å². The van der Waals surface area contributed by atoms with Gasteiger partial charge >= 0.3 is 0 Å². The van der Waals surface area contributed by atoms with Gasteiger partial charge in [-0.2, -0.15) is 15.4 Å². The first-order valence-electron chi connectivity index (χ1n) is 8.34. The summed E-state index contributed by atoms with van der Waals surface area (Å²) in [5.41, 5.74) is 1.79. The van der Waals surface area contributed by atoms with Gasteiger partial charge in [-0.15, -0.1) is 0 Å². The van der Waals surface area contributed by atoms with Crippen LogP contribution < -0.4 is 5.56 Å². The number of aromatic amines is 1. The maximum absolute atomic E-state index is 12.3. The zero-order chi connectivity index (χ0) is 17.4. The molecule has 25 heavy (non-hydrogen) atoms. The second kappa shape index (κ2) is 6.05. The van der Waals surface area contributed by atoms with Gasteiger partial charge < -0.3 is 5.11 Å². The first-order valence-corrected chi connectivity index (χ1v) is 8.34. The fourth-order valence-corrected chi connectivity index (χ4v) is 3.51. The van der Waals surface area contributed by atoms with Crippen LogP contribution in [0.4, 0.5) is 0 Å². The van der Waals surface area contributed by atoms with Gasteiger partial charge in [0.05, 0.1) is 11.9 Å². The van der Waals surface area contributed by atoms with E-state index in [1.165, 1.54) is 0 Å². The lowest BCUT2D eigenvalue weighted by Crippen LogP contribution is -2.46. The summed E-state index contributed by atoms with van der Waals surface area (Å²) in [6.07, 6.45) is 4.77. The largest absolute Gasteiger partial charge is 0.382 e. The maximum Gasteiger partial charge on any atom is 0.258 e. The molecule has 3 aromatic rings. The van der Waals surface area contributed by atoms with Crippen LogP contribution in [0.15, 0.2) is 35.4 Å². The average molecular weight is 340 g/mol. The molecule has 0 aliphatic carbocycles. The molecule has 8 heteroatoms. The van der Waals surface area contributed by atoms with E-state index in [9.17, 15) is 9.90 Å². The van der Waals surface area contributed by atoms with Crippen molar-refractivity contribution >= 4 is 5.65 Å². The highest BCUT2D eigenvalue weighted by molar-refractivity contribution is 5.46. The Kier molecular flexibility index (Phi) is 3.85. The topological polar surface area (TPSA) is 99.4 Å². The van der Waals surface area contributed by atoms with Gasteiger partial charge in [0.15, 0.2) is 0 Å². The minimum atomic E-state index is -1.02. The van der Waals surface area contributed by atoms with E-state index in [2.05, 4.69) is 25.3 Å². The van der Waals surface area contributed by atoms with Crippen molar-refractivity contribution in [3.8, 4) is 0 Å². The highest BCUT2D eigenvalue weighted by atomic mass is 16.3. The zero-order valence-corrected chi connectivity index (χ0v) is 14.0. The number of pyridine rings is 1. The second-order valence-corrected chi connectivity index (χ2v) is 6.67. The van der Waals surface area contributed by atoms with Gasteiger partial charge in [0.25, 0.3) is 5.56 Å². The predicted octanol–water partition coefficient (Wildman–Crippen LogP) is 0.605. The Balaban J connectivity index is 1.61. The maximum atomic E-state index is 12.3. The number of fused-ring (bicyclic) bond motifs is 1. The Labute approximate surface area is 144 Å². The SMILES string of the molecule is Cc1cccn2c(=O)cc(CN3CCC[C@@](O)(c4cn[nH]n4)C3)nc12. The van der Waals surface area contributed by atoms with E-state index in [0.29, 0.717) is 36.5 Å². The molecule has 130 valence electrons. The monoisotopic (exact) mass is 340 g/mol. The average Bonchev–Trinajstić information content (AvgIpc) is 3.12. The van der Waals surface area contributed by atoms with Crippen LogP contribution in [0.1, 0.15) is 29.8 Å². The number of hydrogen-bond acceptors (Lipinski definition) is 6. The lowest BCUT2D eigenvalue weighted by atomic mass is 9.90. The van der Waals surface area contributed by atoms with Crippen molar-refractivity contribution in [3.63, 3.8) is 0 Å². The van der Waals surface area contributed by atoms with Crippen LogP contribution in [0.5, 0.6) is 0 Å². The van der Waals surface area contributed by atoms with Gasteiger partial charge in [-0.25, -0.2) is 4.98 Å². The molecule has 8 nitrogen and oxygen atoms in total. The number of hydrogen-bond donors (Lipinski definition) is 2. The third-order valence-electron chi connectivity index (χ3n) is 4.77. The summed E-state index contributed by atoms with van der Waals surface area (Å²) in [7, 11) is 0. The number of aryl methyl sites for hydroxylation is 1. The highest BCUT2D eigenvalue weighted by Crippen LogP contribution is 2.30. The summed E-state index contributed by atoms with van der Waals surface area (Å²) in [4.78, 5) is 19.1. The molecule has 2 N–H and O–H groups in total. The Hall–Kier alpha value is -2.58. The van der Waals surface area contributed by atoms with Crippen molar-refractivity contribution in [2.75, 3.05) is 13.1 Å². The Morgan fingerprint density at radius 1 is 1.44 bits per heavy atom. The van der Waals surface area contributed by atoms with Gasteiger partial charge in [-0.05, 0) is 37.9 Å². The van der Waals surface area contributed by atoms with Gasteiger partial charge in [0, 0.05) is 25.4 Å². The predicted molar refractivity (Wildman–Crippen MR) is 91.0 cm³/mol. The summed E-state index contributed by atoms with van der Waals surface area (Å²) >= 11 is 0. The summed E-state index contributed by atoms with van der Waals surface area (Å²) in [5.74, 6) is 0. The molecule has 1 aliphatic rings. The molecule has 1 saturated heterocycles. The summed E-state index contributed by atoms with van der Waals surface area (Å²) in [5, 5.41) is 21.3. The molecule has 0 aromatic carbocycles. The summed E-state index contributed by atoms with van der Waals surface area (Å²) in [6, 6.07) is 5.35. The third-order valence-corrected chi connectivity index (χ3v) is 4.77. The molecular weight excluding hydrogens is 320 g/mol. The van der Waals surface area contributed by atoms with Crippen molar-refractivity contribution in [2.24, 2.45) is 0 Å². The number of nitrogens with zero attached hydrogens (tertiary/aromatic N) is 5. The number of aliphatic hydroxyl groups is 1. The van der Waals surface area contributed by atoms with E-state index in [1.807, 2.05) is 19.1 Å². The van der Waals surface area contributed by atoms with E-state index in [1.54, 1.807) is 22.9 Å². The first-order chi connectivity index (χ1) is 12.0. The summed E-state index contributed by atoms with van der Waals surface area (Å²) in [6.45, 7) is 3.74. The minimum absolute atomic E-state index is 0.0903. The molecule has 0 bridgehead atoms. The van der Waals surface area contributed by atoms with Crippen molar-refractivity contribution in [1.29, 1.82) is 0 Å². The number of nitrogens with one attached hydrogen (secondary N) is 1. The molecular formula is C17H20N6O2. The lowest BCUT2D eigenvalue weighted by Gasteiger charge is -2.37. The zero-order valence-electron chi connectivity index (χ0n) is 14.0. The number of β-amino-alcohol motifs (C(OH)–C–C–N with tert-alkyl or cyclic N) is 1. The van der Waals surface area contributed by atoms with E-state index >= 15 is 0 Å². The smallest absolute Gasteiger partial charge is 0.258 e. The van der Waals surface area contributed by atoms with E-state index in [0.717, 1.165) is 18.5 Å². The van der Waals surface area contributed by atoms with Crippen LogP contribution in [0.25, 0.3) is 5.65 Å². The molecule has 0 spiro atoms. The van der Waals surface area contributed by atoms with Crippen molar-refractivity contribution < 1.29 is 5.11 Å². The fourth-order valence-electron chi connectivity index (χ4n) is 3.51. The first kappa shape index (κ1) is 15.9. The van der Waals surface area contributed by atoms with Crippen molar-refractivity contribution in [1.82, 2.24) is 29.7 Å². The van der Waals surface area contributed by atoms with Crippen LogP contribution >= 0.6 is 0 Å². The molecule has 0 saturated carbocycles. The quantitative estimate of drug-likeness (QED) is 0.724. The molecule has 0 amide bonds. The molecule has 0 unspecified atom stereocenters. The number of piperidine rings is 1. The second-order valence-electron chi connectivity index (χ2n) is 6.67. The van der Waals surface area contributed by atoms with Crippen LogP contribution in [-0.4, -0.2) is 47.9 Å². The highest BCUT2D eigenvalue weighted by Gasteiger charge is 2.37. The molecule has 3 aromatic heterocycles. The van der Waals surface area contributed by atoms with Gasteiger partial charge in [0.1, 0.15) is 16.9 Å². The Bertz CT molecular complexity index is 951. The molecule has 1 fully saturated rings. The minimum Gasteiger partial charge on any atom is -0.382 e.